The van der Waals surface area contributed by atoms with Crippen molar-refractivity contribution in [2.45, 2.75) is 6.54 Å². The largest absolute Gasteiger partial charge is 0.316 e. The molecule has 2 aromatic rings. The van der Waals surface area contributed by atoms with E-state index in [1.54, 1.807) is 10.9 Å². The van der Waals surface area contributed by atoms with E-state index in [1.165, 1.54) is 0 Å². The maximum absolute atomic E-state index is 8.66. The van der Waals surface area contributed by atoms with Gasteiger partial charge >= 0.3 is 0 Å². The first-order valence-corrected chi connectivity index (χ1v) is 4.36. The van der Waals surface area contributed by atoms with E-state index < -0.39 is 0 Å². The Labute approximate surface area is 81.8 Å². The summed E-state index contributed by atoms with van der Waals surface area (Å²) in [4.78, 5) is 0. The molecule has 0 aliphatic rings. The quantitative estimate of drug-likeness (QED) is 0.716. The van der Waals surface area contributed by atoms with Crippen LogP contribution in [0.25, 0.3) is 5.69 Å². The van der Waals surface area contributed by atoms with Gasteiger partial charge in [0.1, 0.15) is 0 Å². The Hall–Kier alpha value is -1.65. The molecule has 14 heavy (non-hydrogen) atoms. The van der Waals surface area contributed by atoms with Crippen molar-refractivity contribution in [1.82, 2.24) is 15.3 Å². The van der Waals surface area contributed by atoms with E-state index >= 15 is 0 Å². The minimum Gasteiger partial charge on any atom is -0.316 e. The van der Waals surface area contributed by atoms with Gasteiger partial charge in [0.05, 0.1) is 5.69 Å². The maximum atomic E-state index is 8.66. The molecule has 1 aromatic carbocycles. The summed E-state index contributed by atoms with van der Waals surface area (Å²) in [6.45, 7) is 0.413. The molecule has 0 amide bonds. The highest BCUT2D eigenvalue weighted by Crippen LogP contribution is 2.12. The first-order valence-electron chi connectivity index (χ1n) is 4.36. The summed E-state index contributed by atoms with van der Waals surface area (Å²) in [7, 11) is 0. The second-order valence-corrected chi connectivity index (χ2v) is 2.91. The summed E-state index contributed by atoms with van der Waals surface area (Å²) in [5.41, 5.74) is 4.12. The second-order valence-electron chi connectivity index (χ2n) is 2.91. The van der Waals surface area contributed by atoms with Crippen molar-refractivity contribution in [3.05, 3.63) is 48.3 Å². The number of hydrogen-bond donors (Lipinski definition) is 2. The van der Waals surface area contributed by atoms with E-state index in [2.05, 4.69) is 10.6 Å². The van der Waals surface area contributed by atoms with Gasteiger partial charge in [-0.15, -0.1) is 0 Å². The molecule has 0 atom stereocenters. The standard InChI is InChI=1S/C10H11N3O/c14-12-8-9-4-1-2-5-10(9)13-7-3-6-11-13/h1-7,12,14H,8H2. The van der Waals surface area contributed by atoms with Crippen LogP contribution in [-0.4, -0.2) is 15.0 Å². The van der Waals surface area contributed by atoms with Gasteiger partial charge in [0.15, 0.2) is 0 Å². The Kier molecular flexibility index (Phi) is 2.58. The zero-order chi connectivity index (χ0) is 9.80. The van der Waals surface area contributed by atoms with Crippen LogP contribution < -0.4 is 5.48 Å². The highest BCUT2D eigenvalue weighted by atomic mass is 16.5. The molecule has 1 aromatic heterocycles. The predicted octanol–water partition coefficient (Wildman–Crippen LogP) is 1.35. The Balaban J connectivity index is 2.42. The van der Waals surface area contributed by atoms with E-state index in [0.717, 1.165) is 11.3 Å². The molecule has 0 saturated heterocycles. The van der Waals surface area contributed by atoms with Gasteiger partial charge in [-0.2, -0.15) is 5.10 Å². The summed E-state index contributed by atoms with van der Waals surface area (Å²) in [6, 6.07) is 9.64. The number of rotatable bonds is 3. The summed E-state index contributed by atoms with van der Waals surface area (Å²) < 4.78 is 1.77. The van der Waals surface area contributed by atoms with E-state index in [1.807, 2.05) is 36.5 Å². The van der Waals surface area contributed by atoms with Crippen molar-refractivity contribution >= 4 is 0 Å². The van der Waals surface area contributed by atoms with E-state index in [9.17, 15) is 0 Å². The maximum Gasteiger partial charge on any atom is 0.0691 e. The normalized spacial score (nSPS) is 10.4. The van der Waals surface area contributed by atoms with E-state index in [4.69, 9.17) is 5.21 Å². The third kappa shape index (κ3) is 1.66. The van der Waals surface area contributed by atoms with Gasteiger partial charge in [-0.25, -0.2) is 10.2 Å². The van der Waals surface area contributed by atoms with Crippen LogP contribution in [0.2, 0.25) is 0 Å². The lowest BCUT2D eigenvalue weighted by molar-refractivity contribution is 0.161. The molecular weight excluding hydrogens is 178 g/mol. The zero-order valence-corrected chi connectivity index (χ0v) is 7.59. The Morgan fingerprint density at radius 1 is 1.29 bits per heavy atom. The van der Waals surface area contributed by atoms with Gasteiger partial charge < -0.3 is 5.21 Å². The van der Waals surface area contributed by atoms with Gasteiger partial charge in [0, 0.05) is 18.9 Å². The van der Waals surface area contributed by atoms with Crippen LogP contribution in [0.5, 0.6) is 0 Å². The molecule has 2 N–H and O–H groups in total. The molecule has 4 heteroatoms. The van der Waals surface area contributed by atoms with Crippen LogP contribution in [0.1, 0.15) is 5.56 Å². The molecule has 4 nitrogen and oxygen atoms in total. The van der Waals surface area contributed by atoms with Gasteiger partial charge in [0.25, 0.3) is 0 Å². The molecule has 0 unspecified atom stereocenters. The van der Waals surface area contributed by atoms with Crippen LogP contribution in [0.3, 0.4) is 0 Å². The van der Waals surface area contributed by atoms with Crippen molar-refractivity contribution < 1.29 is 5.21 Å². The average Bonchev–Trinajstić information content (AvgIpc) is 2.72. The van der Waals surface area contributed by atoms with Crippen molar-refractivity contribution in [3.63, 3.8) is 0 Å². The predicted molar refractivity (Wildman–Crippen MR) is 52.2 cm³/mol. The third-order valence-corrected chi connectivity index (χ3v) is 2.01. The molecule has 0 aliphatic carbocycles. The van der Waals surface area contributed by atoms with Gasteiger partial charge in [0.2, 0.25) is 0 Å². The number of benzene rings is 1. The Morgan fingerprint density at radius 2 is 2.14 bits per heavy atom. The highest BCUT2D eigenvalue weighted by molar-refractivity contribution is 5.39. The number of para-hydroxylation sites is 1. The number of hydroxylamine groups is 1. The smallest absolute Gasteiger partial charge is 0.0691 e. The van der Waals surface area contributed by atoms with Crippen molar-refractivity contribution in [2.24, 2.45) is 0 Å². The van der Waals surface area contributed by atoms with Crippen molar-refractivity contribution in [3.8, 4) is 5.69 Å². The van der Waals surface area contributed by atoms with Crippen molar-refractivity contribution in [2.75, 3.05) is 0 Å². The first-order chi connectivity index (χ1) is 6.92. The molecule has 0 aliphatic heterocycles. The number of aromatic nitrogens is 2. The molecule has 2 rings (SSSR count). The molecule has 0 fully saturated rings. The summed E-state index contributed by atoms with van der Waals surface area (Å²) in [5, 5.41) is 12.8. The number of hydrogen-bond acceptors (Lipinski definition) is 3. The molecule has 0 spiro atoms. The Bertz CT molecular complexity index is 398. The molecule has 0 bridgehead atoms. The molecule has 72 valence electrons. The van der Waals surface area contributed by atoms with E-state index in [0.29, 0.717) is 6.54 Å². The summed E-state index contributed by atoms with van der Waals surface area (Å²) >= 11 is 0. The van der Waals surface area contributed by atoms with Gasteiger partial charge in [-0.1, -0.05) is 18.2 Å². The fourth-order valence-electron chi connectivity index (χ4n) is 1.38. The lowest BCUT2D eigenvalue weighted by Crippen LogP contribution is -2.09. The molecular formula is C10H11N3O. The highest BCUT2D eigenvalue weighted by Gasteiger charge is 2.02. The lowest BCUT2D eigenvalue weighted by Gasteiger charge is -2.07. The SMILES string of the molecule is ONCc1ccccc1-n1cccn1. The minimum absolute atomic E-state index is 0.413. The lowest BCUT2D eigenvalue weighted by atomic mass is 10.2. The molecule has 1 heterocycles. The minimum atomic E-state index is 0.413. The topological polar surface area (TPSA) is 50.1 Å². The van der Waals surface area contributed by atoms with Gasteiger partial charge in [-0.3, -0.25) is 0 Å². The monoisotopic (exact) mass is 189 g/mol. The molecule has 0 radical (unpaired) electrons. The van der Waals surface area contributed by atoms with Crippen LogP contribution in [0, 0.1) is 0 Å². The fraction of sp³-hybridized carbons (Fsp3) is 0.100. The van der Waals surface area contributed by atoms with Crippen LogP contribution in [0.15, 0.2) is 42.7 Å². The number of nitrogens with one attached hydrogen (secondary N) is 1. The first kappa shape index (κ1) is 8.93. The summed E-state index contributed by atoms with van der Waals surface area (Å²) in [6.07, 6.45) is 3.60. The number of nitrogens with zero attached hydrogens (tertiary/aromatic N) is 2. The fourth-order valence-corrected chi connectivity index (χ4v) is 1.38. The summed E-state index contributed by atoms with van der Waals surface area (Å²) in [5.74, 6) is 0. The Morgan fingerprint density at radius 3 is 2.86 bits per heavy atom. The van der Waals surface area contributed by atoms with Gasteiger partial charge in [-0.05, 0) is 17.7 Å². The van der Waals surface area contributed by atoms with Crippen molar-refractivity contribution in [1.29, 1.82) is 0 Å². The van der Waals surface area contributed by atoms with Crippen LogP contribution in [0.4, 0.5) is 0 Å². The van der Waals surface area contributed by atoms with Crippen LogP contribution >= 0.6 is 0 Å². The third-order valence-electron chi connectivity index (χ3n) is 2.01. The van der Waals surface area contributed by atoms with Crippen LogP contribution in [-0.2, 0) is 6.54 Å². The zero-order valence-electron chi connectivity index (χ0n) is 7.59. The second kappa shape index (κ2) is 4.04. The van der Waals surface area contributed by atoms with E-state index in [-0.39, 0.29) is 0 Å². The molecule has 0 saturated carbocycles. The average molecular weight is 189 g/mol.